The Hall–Kier alpha value is -11.9. The lowest BCUT2D eigenvalue weighted by atomic mass is 9.87. The van der Waals surface area contributed by atoms with Gasteiger partial charge < -0.3 is 40.2 Å². The third kappa shape index (κ3) is 25.8. The summed E-state index contributed by atoms with van der Waals surface area (Å²) in [5.41, 5.74) is 6.67. The number of nitrogens with zero attached hydrogens (tertiary/aromatic N) is 16. The van der Waals surface area contributed by atoms with Crippen molar-refractivity contribution in [2.24, 2.45) is 23.7 Å². The molecule has 718 valence electrons. The Morgan fingerprint density at radius 1 is 0.376 bits per heavy atom. The second-order valence-corrected chi connectivity index (χ2v) is 36.4. The van der Waals surface area contributed by atoms with E-state index in [0.717, 1.165) is 97.5 Å². The average Bonchev–Trinajstić information content (AvgIpc) is 1.55. The van der Waals surface area contributed by atoms with Crippen LogP contribution in [-0.2, 0) is 36.1 Å². The Labute approximate surface area is 783 Å². The number of hydrogen-bond acceptors (Lipinski definition) is 20. The van der Waals surface area contributed by atoms with E-state index in [2.05, 4.69) is 68.9 Å². The van der Waals surface area contributed by atoms with Gasteiger partial charge in [-0.15, -0.1) is 0 Å². The molecule has 1 unspecified atom stereocenters. The van der Waals surface area contributed by atoms with Crippen molar-refractivity contribution in [2.75, 3.05) is 48.7 Å². The molecule has 1 atom stereocenters. The maximum atomic E-state index is 13.6. The van der Waals surface area contributed by atoms with Crippen LogP contribution in [0.5, 0.6) is 0 Å². The Bertz CT molecular complexity index is 5970. The van der Waals surface area contributed by atoms with Crippen LogP contribution < -0.4 is 44.0 Å². The quantitative estimate of drug-likeness (QED) is 0.0392. The van der Waals surface area contributed by atoms with Crippen LogP contribution in [0.3, 0.4) is 0 Å². The van der Waals surface area contributed by atoms with Crippen LogP contribution >= 0.6 is 0 Å². The normalized spacial score (nSPS) is 18.6. The molecule has 8 heterocycles. The summed E-state index contributed by atoms with van der Waals surface area (Å²) in [6.45, 7) is 31.0. The van der Waals surface area contributed by atoms with Gasteiger partial charge in [-0.05, 0) is 311 Å². The van der Waals surface area contributed by atoms with Crippen LogP contribution in [0, 0.1) is 49.2 Å². The van der Waals surface area contributed by atoms with Gasteiger partial charge in [-0.2, -0.15) is 0 Å². The lowest BCUT2D eigenvalue weighted by molar-refractivity contribution is -0.0745. The number of anilines is 4. The molecule has 16 rings (SSSR count). The largest absolute Gasteiger partial charge is 0.359 e. The van der Waals surface area contributed by atoms with Crippen molar-refractivity contribution >= 4 is 23.8 Å². The van der Waals surface area contributed by atoms with E-state index in [9.17, 15) is 28.0 Å². The smallest absolute Gasteiger partial charge is 0.335 e. The predicted octanol–water partition coefficient (Wildman–Crippen LogP) is 21.7. The van der Waals surface area contributed by atoms with Gasteiger partial charge in [0.2, 0.25) is 23.8 Å². The van der Waals surface area contributed by atoms with E-state index in [4.69, 9.17) is 38.9 Å². The molecule has 0 amide bonds. The Balaban J connectivity index is 0.000000197. The number of methoxy groups -OCH3 is 2. The fourth-order valence-electron chi connectivity index (χ4n) is 17.2. The van der Waals surface area contributed by atoms with Gasteiger partial charge in [0.1, 0.15) is 35.0 Å². The third-order valence-electron chi connectivity index (χ3n) is 25.4. The molecule has 0 radical (unpaired) electrons. The molecule has 4 aromatic carbocycles. The van der Waals surface area contributed by atoms with Gasteiger partial charge in [-0.25, -0.2) is 67.8 Å². The van der Waals surface area contributed by atoms with E-state index in [1.165, 1.54) is 93.9 Å². The summed E-state index contributed by atoms with van der Waals surface area (Å²) in [5, 5.41) is 13.9. The minimum atomic E-state index is -0.871. The predicted molar refractivity (Wildman–Crippen MR) is 531 cm³/mol. The molecule has 12 aromatic rings. The number of halogens is 2. The second kappa shape index (κ2) is 46.7. The summed E-state index contributed by atoms with van der Waals surface area (Å²) in [6.07, 6.45) is 32.1. The molecular formula is C103H144F2N20O8. The van der Waals surface area contributed by atoms with Gasteiger partial charge >= 0.3 is 22.8 Å². The maximum absolute atomic E-state index is 13.6. The first kappa shape index (κ1) is 105. The van der Waals surface area contributed by atoms with Crippen LogP contribution in [0.4, 0.5) is 32.6 Å². The van der Waals surface area contributed by atoms with Crippen molar-refractivity contribution in [3.8, 4) is 68.3 Å². The van der Waals surface area contributed by atoms with E-state index in [1.54, 1.807) is 106 Å². The van der Waals surface area contributed by atoms with E-state index >= 15 is 0 Å². The third-order valence-corrected chi connectivity index (χ3v) is 25.4. The number of ether oxygens (including phenoxy) is 4. The number of aromatic nitrogens is 16. The Kier molecular flexibility index (Phi) is 36.8. The fraction of sp³-hybridized carbons (Fsp3) is 0.495. The summed E-state index contributed by atoms with van der Waals surface area (Å²) in [6, 6.07) is 36.2. The van der Waals surface area contributed by atoms with Crippen molar-refractivity contribution < 1.29 is 27.7 Å². The molecule has 0 bridgehead atoms. The molecule has 133 heavy (non-hydrogen) atoms. The molecular weight excluding hydrogens is 1680 g/mol. The number of hydrogen-bond donors (Lipinski definition) is 4. The molecule has 8 aromatic heterocycles. The molecule has 4 aliphatic carbocycles. The van der Waals surface area contributed by atoms with Crippen molar-refractivity contribution in [2.45, 2.75) is 284 Å². The number of nitrogens with one attached hydrogen (secondary N) is 4. The molecule has 0 saturated heterocycles. The van der Waals surface area contributed by atoms with E-state index in [-0.39, 0.29) is 64.1 Å². The first-order valence-corrected chi connectivity index (χ1v) is 45.6. The molecule has 4 saturated carbocycles. The molecule has 4 aliphatic rings. The Morgan fingerprint density at radius 3 is 0.932 bits per heavy atom. The lowest BCUT2D eigenvalue weighted by Crippen LogP contribution is -2.38. The van der Waals surface area contributed by atoms with Crippen LogP contribution in [0.15, 0.2) is 190 Å². The fourth-order valence-corrected chi connectivity index (χ4v) is 17.2. The highest BCUT2D eigenvalue weighted by atomic mass is 19.1. The molecule has 0 aliphatic heterocycles. The Morgan fingerprint density at radius 2 is 0.654 bits per heavy atom. The van der Waals surface area contributed by atoms with Gasteiger partial charge in [0.25, 0.3) is 0 Å². The van der Waals surface area contributed by atoms with E-state index < -0.39 is 23.4 Å². The van der Waals surface area contributed by atoms with Gasteiger partial charge in [-0.3, -0.25) is 36.5 Å². The van der Waals surface area contributed by atoms with Crippen LogP contribution in [-0.4, -0.2) is 128 Å². The van der Waals surface area contributed by atoms with Gasteiger partial charge in [0.05, 0.1) is 68.3 Å². The van der Waals surface area contributed by atoms with Crippen LogP contribution in [0.1, 0.15) is 240 Å². The van der Waals surface area contributed by atoms with E-state index in [0.29, 0.717) is 118 Å². The SMILES string of the molecule is C.C.C.C.CCOC(C)(C)n1cc(-c2ccnc(NC3CCC(C)CC3)n2)n(-c2cccc(C)c2)c1=O.CCOC(C)n1cc(-c2ccnc(NC3CCC(C)CC3)n2)n(-c2ccc(F)cc2)c1=O.COC(C)(C)n1cc(-c2ccnc(NC3CCC(C)CC3)n2)n(-c2ccc(F)cc2)c1=O.COC(C)(C)n1cc(-c2ccnc(NC3CCC(C)CC3)n2)n(-c2cccc(C)c2)c1=O. The summed E-state index contributed by atoms with van der Waals surface area (Å²) in [4.78, 5) is 90.5. The van der Waals surface area contributed by atoms with Crippen LogP contribution in [0.2, 0.25) is 0 Å². The molecule has 0 spiro atoms. The van der Waals surface area contributed by atoms with Gasteiger partial charge in [-0.1, -0.05) is 81.7 Å². The zero-order chi connectivity index (χ0) is 92.0. The first-order valence-electron chi connectivity index (χ1n) is 45.6. The standard InChI is InChI=1S/C26H35N5O2.C25H33N5O2.2C24H30FN5O2.4CH4/c1-6-33-26(4,5)30-17-23(31(25(30)32)21-9-7-8-19(3)16-21)22-14-15-27-24(29-22)28-20-12-10-18(2)11-13-20;1-17-9-11-19(12-10-17)27-23-26-14-13-21(28-23)22-16-29(25(3,4)32-5)24(31)30(22)20-8-6-7-18(2)15-20;1-16-5-9-18(10-6-16)27-22-26-14-13-20(28-22)21-15-29(24(2,3)32-4)23(31)30(21)19-11-7-17(25)8-12-19;1-4-32-17(3)29-15-22(30(24(29)31)20-11-7-18(25)8-12-20)21-13-14-26-23(28-21)27-19-9-5-16(2)6-10-19;;;;/h7-9,14-18,20H,6,10-13H2,1-5H3,(H,27,28,29);6-8,13-17,19H,9-12H2,1-5H3,(H,26,27,28);7-8,11-16,18H,5-6,9-10H2,1-4H3,(H,26,27,28);7-8,11-17,19H,4-6,9-10H2,1-3H3,(H,26,27,28);4*1H4. The maximum Gasteiger partial charge on any atom is 0.335 e. The summed E-state index contributed by atoms with van der Waals surface area (Å²) < 4.78 is 62.5. The molecule has 4 fully saturated rings. The molecule has 28 nitrogen and oxygen atoms in total. The van der Waals surface area contributed by atoms with Crippen molar-refractivity contribution in [3.63, 3.8) is 0 Å². The van der Waals surface area contributed by atoms with Crippen LogP contribution in [0.25, 0.3) is 68.3 Å². The average molecular weight is 1830 g/mol. The van der Waals surface area contributed by atoms with Gasteiger partial charge in [0, 0.05) is 101 Å². The van der Waals surface area contributed by atoms with Crippen molar-refractivity contribution in [1.82, 2.24) is 76.4 Å². The monoisotopic (exact) mass is 1830 g/mol. The second-order valence-electron chi connectivity index (χ2n) is 36.4. The molecule has 4 N–H and O–H groups in total. The highest BCUT2D eigenvalue weighted by molar-refractivity contribution is 5.63. The lowest BCUT2D eigenvalue weighted by Gasteiger charge is -2.26. The number of rotatable bonds is 26. The minimum Gasteiger partial charge on any atom is -0.359 e. The molecule has 30 heteroatoms. The van der Waals surface area contributed by atoms with Gasteiger partial charge in [0.15, 0.2) is 0 Å². The number of imidazole rings is 4. The van der Waals surface area contributed by atoms with E-state index in [1.807, 2.05) is 149 Å². The van der Waals surface area contributed by atoms with Crippen molar-refractivity contribution in [3.05, 3.63) is 236 Å². The first-order chi connectivity index (χ1) is 61.8. The van der Waals surface area contributed by atoms with Crippen molar-refractivity contribution in [1.29, 1.82) is 0 Å². The summed E-state index contributed by atoms with van der Waals surface area (Å²) in [5.74, 6) is 4.66. The highest BCUT2D eigenvalue weighted by Gasteiger charge is 2.33. The zero-order valence-electron chi connectivity index (χ0n) is 77.8. The minimum absolute atomic E-state index is 0. The number of aryl methyl sites for hydroxylation is 2. The highest BCUT2D eigenvalue weighted by Crippen LogP contribution is 2.35. The zero-order valence-corrected chi connectivity index (χ0v) is 77.8. The summed E-state index contributed by atoms with van der Waals surface area (Å²) >= 11 is 0. The number of benzene rings is 4. The summed E-state index contributed by atoms with van der Waals surface area (Å²) in [7, 11) is 3.16. The topological polar surface area (TPSA) is 296 Å².